The zero-order valence-electron chi connectivity index (χ0n) is 10.5. The largest absolute Gasteiger partial charge is 0.461 e. The number of allylic oxidation sites excluding steroid dienone is 2. The summed E-state index contributed by atoms with van der Waals surface area (Å²) in [5.41, 5.74) is 3.18. The summed E-state index contributed by atoms with van der Waals surface area (Å²) in [6.07, 6.45) is 9.75. The van der Waals surface area contributed by atoms with Gasteiger partial charge in [0.2, 0.25) is 0 Å². The summed E-state index contributed by atoms with van der Waals surface area (Å²) in [5, 5.41) is 3.52. The molecule has 96 valence electrons. The van der Waals surface area contributed by atoms with Gasteiger partial charge in [-0.15, -0.1) is 0 Å². The van der Waals surface area contributed by atoms with Gasteiger partial charge in [0.05, 0.1) is 0 Å². The molecular weight excluding hydrogens is 226 g/mol. The lowest BCUT2D eigenvalue weighted by Crippen LogP contribution is -2.47. The van der Waals surface area contributed by atoms with E-state index in [1.54, 1.807) is 11.1 Å². The van der Waals surface area contributed by atoms with E-state index in [4.69, 9.17) is 4.74 Å². The minimum absolute atomic E-state index is 0.340. The van der Waals surface area contributed by atoms with Crippen LogP contribution in [0.25, 0.3) is 0 Å². The van der Waals surface area contributed by atoms with Crippen LogP contribution in [-0.2, 0) is 9.53 Å². The van der Waals surface area contributed by atoms with Gasteiger partial charge in [-0.1, -0.05) is 18.7 Å². The van der Waals surface area contributed by atoms with E-state index in [0.717, 1.165) is 6.54 Å². The lowest BCUT2D eigenvalue weighted by Gasteiger charge is -2.36. The average Bonchev–Trinajstić information content (AvgIpc) is 2.90. The van der Waals surface area contributed by atoms with Crippen molar-refractivity contribution in [3.05, 3.63) is 36.0 Å². The Morgan fingerprint density at radius 2 is 2.06 bits per heavy atom. The third-order valence-electron chi connectivity index (χ3n) is 4.30. The molecule has 4 aliphatic carbocycles. The first-order valence-electron chi connectivity index (χ1n) is 6.74. The van der Waals surface area contributed by atoms with E-state index in [9.17, 15) is 4.79 Å². The van der Waals surface area contributed by atoms with E-state index >= 15 is 0 Å². The molecule has 3 nitrogen and oxygen atoms in total. The molecule has 3 saturated carbocycles. The highest BCUT2D eigenvalue weighted by Gasteiger charge is 2.52. The first-order valence-corrected chi connectivity index (χ1v) is 6.74. The molecule has 18 heavy (non-hydrogen) atoms. The Morgan fingerprint density at radius 1 is 1.39 bits per heavy atom. The monoisotopic (exact) mass is 245 g/mol. The van der Waals surface area contributed by atoms with Crippen molar-refractivity contribution in [2.24, 2.45) is 11.8 Å². The van der Waals surface area contributed by atoms with E-state index in [-0.39, 0.29) is 5.97 Å². The van der Waals surface area contributed by atoms with Crippen LogP contribution in [0, 0.1) is 11.8 Å². The van der Waals surface area contributed by atoms with Gasteiger partial charge >= 0.3 is 5.97 Å². The van der Waals surface area contributed by atoms with Gasteiger partial charge in [-0.25, -0.2) is 4.79 Å². The Labute approximate surface area is 108 Å². The number of carbonyl (C=O) groups excluding carboxylic acids is 1. The summed E-state index contributed by atoms with van der Waals surface area (Å²) < 4.78 is 4.97. The SMILES string of the molecule is C=CC(=O)OCCNC1C2CC1C1=CCCC=C12. The number of ether oxygens (including phenoxy) is 1. The van der Waals surface area contributed by atoms with Gasteiger partial charge in [-0.05, 0) is 30.4 Å². The fraction of sp³-hybridized carbons (Fsp3) is 0.533. The summed E-state index contributed by atoms with van der Waals surface area (Å²) in [4.78, 5) is 10.9. The van der Waals surface area contributed by atoms with Crippen LogP contribution in [0.3, 0.4) is 0 Å². The molecule has 0 aliphatic heterocycles. The predicted molar refractivity (Wildman–Crippen MR) is 69.9 cm³/mol. The number of rotatable bonds is 5. The maximum atomic E-state index is 10.9. The molecule has 0 amide bonds. The van der Waals surface area contributed by atoms with Gasteiger partial charge in [-0.3, -0.25) is 0 Å². The molecule has 0 aromatic rings. The van der Waals surface area contributed by atoms with Gasteiger partial charge in [0.15, 0.2) is 0 Å². The molecule has 3 heteroatoms. The van der Waals surface area contributed by atoms with Crippen LogP contribution in [0.5, 0.6) is 0 Å². The zero-order chi connectivity index (χ0) is 12.5. The van der Waals surface area contributed by atoms with Crippen molar-refractivity contribution < 1.29 is 9.53 Å². The number of carbonyl (C=O) groups is 1. The molecule has 0 heterocycles. The third-order valence-corrected chi connectivity index (χ3v) is 4.30. The smallest absolute Gasteiger partial charge is 0.330 e. The molecule has 0 aromatic carbocycles. The molecule has 4 rings (SSSR count). The summed E-state index contributed by atoms with van der Waals surface area (Å²) in [6, 6.07) is 0.572. The van der Waals surface area contributed by atoms with Crippen LogP contribution in [0.4, 0.5) is 0 Å². The van der Waals surface area contributed by atoms with E-state index in [1.807, 2.05) is 0 Å². The van der Waals surface area contributed by atoms with Crippen LogP contribution in [-0.4, -0.2) is 25.2 Å². The Hall–Kier alpha value is -1.35. The first kappa shape index (κ1) is 11.7. The lowest BCUT2D eigenvalue weighted by atomic mass is 9.77. The Bertz CT molecular complexity index is 410. The van der Waals surface area contributed by atoms with Crippen LogP contribution in [0.2, 0.25) is 0 Å². The van der Waals surface area contributed by atoms with Crippen LogP contribution < -0.4 is 5.32 Å². The fourth-order valence-corrected chi connectivity index (χ4v) is 3.46. The molecule has 0 radical (unpaired) electrons. The molecule has 1 N–H and O–H groups in total. The topological polar surface area (TPSA) is 38.3 Å². The first-order chi connectivity index (χ1) is 8.81. The minimum atomic E-state index is -0.340. The number of hydrogen-bond donors (Lipinski definition) is 1. The summed E-state index contributed by atoms with van der Waals surface area (Å²) in [6.45, 7) is 4.54. The van der Waals surface area contributed by atoms with Crippen LogP contribution in [0.1, 0.15) is 19.3 Å². The summed E-state index contributed by atoms with van der Waals surface area (Å²) in [7, 11) is 0. The molecule has 2 atom stereocenters. The predicted octanol–water partition coefficient (Wildman–Crippen LogP) is 1.97. The number of esters is 1. The van der Waals surface area contributed by atoms with E-state index in [1.165, 1.54) is 25.3 Å². The summed E-state index contributed by atoms with van der Waals surface area (Å²) in [5.74, 6) is 1.07. The van der Waals surface area contributed by atoms with Gasteiger partial charge in [0, 0.05) is 30.5 Å². The molecule has 0 saturated heterocycles. The lowest BCUT2D eigenvalue weighted by molar-refractivity contribution is -0.137. The van der Waals surface area contributed by atoms with Crippen LogP contribution in [0.15, 0.2) is 36.0 Å². The standard InChI is InChI=1S/C15H19NO2/c1-2-14(17)18-8-7-16-15-12-9-13(15)11-6-4-3-5-10(11)12/h2,5-6,12-13,15-16H,1,3-4,7-9H2. The van der Waals surface area contributed by atoms with E-state index in [0.29, 0.717) is 24.5 Å². The molecule has 0 aromatic heterocycles. The van der Waals surface area contributed by atoms with Crippen molar-refractivity contribution in [3.8, 4) is 0 Å². The van der Waals surface area contributed by atoms with Crippen molar-refractivity contribution in [1.82, 2.24) is 5.32 Å². The highest BCUT2D eigenvalue weighted by molar-refractivity contribution is 5.81. The second-order valence-corrected chi connectivity index (χ2v) is 5.20. The van der Waals surface area contributed by atoms with Gasteiger partial charge in [-0.2, -0.15) is 0 Å². The average molecular weight is 245 g/mol. The second-order valence-electron chi connectivity index (χ2n) is 5.20. The molecule has 0 spiro atoms. The van der Waals surface area contributed by atoms with Crippen molar-refractivity contribution >= 4 is 5.97 Å². The maximum absolute atomic E-state index is 10.9. The summed E-state index contributed by atoms with van der Waals surface area (Å²) >= 11 is 0. The van der Waals surface area contributed by atoms with Crippen molar-refractivity contribution in [1.29, 1.82) is 0 Å². The molecule has 2 bridgehead atoms. The number of hydrogen-bond acceptors (Lipinski definition) is 3. The third kappa shape index (κ3) is 1.83. The van der Waals surface area contributed by atoms with Gasteiger partial charge in [0.1, 0.15) is 6.61 Å². The van der Waals surface area contributed by atoms with Gasteiger partial charge in [0.25, 0.3) is 0 Å². The molecular formula is C15H19NO2. The molecule has 4 aliphatic rings. The maximum Gasteiger partial charge on any atom is 0.330 e. The fourth-order valence-electron chi connectivity index (χ4n) is 3.46. The van der Waals surface area contributed by atoms with E-state index < -0.39 is 0 Å². The van der Waals surface area contributed by atoms with Crippen molar-refractivity contribution in [3.63, 3.8) is 0 Å². The van der Waals surface area contributed by atoms with Crippen molar-refractivity contribution in [2.45, 2.75) is 25.3 Å². The molecule has 2 unspecified atom stereocenters. The Kier molecular flexibility index (Phi) is 3.08. The van der Waals surface area contributed by atoms with Gasteiger partial charge < -0.3 is 10.1 Å². The second kappa shape index (κ2) is 4.73. The Balaban J connectivity index is 1.49. The normalized spacial score (nSPS) is 31.9. The highest BCUT2D eigenvalue weighted by Crippen LogP contribution is 2.57. The quantitative estimate of drug-likeness (QED) is 0.457. The van der Waals surface area contributed by atoms with Crippen LogP contribution >= 0.6 is 0 Å². The Morgan fingerprint density at radius 3 is 2.67 bits per heavy atom. The highest BCUT2D eigenvalue weighted by atomic mass is 16.5. The van der Waals surface area contributed by atoms with E-state index in [2.05, 4.69) is 24.0 Å². The van der Waals surface area contributed by atoms with Crippen molar-refractivity contribution in [2.75, 3.05) is 13.2 Å². The zero-order valence-corrected chi connectivity index (χ0v) is 10.5. The minimum Gasteiger partial charge on any atom is -0.461 e. The molecule has 3 fully saturated rings. The number of nitrogens with one attached hydrogen (secondary N) is 1.